The lowest BCUT2D eigenvalue weighted by molar-refractivity contribution is -0.134. The first kappa shape index (κ1) is 13.0. The topological polar surface area (TPSA) is 43.4 Å². The molecule has 0 aliphatic heterocycles. The van der Waals surface area contributed by atoms with Crippen molar-refractivity contribution in [2.24, 2.45) is 5.92 Å². The van der Waals surface area contributed by atoms with E-state index in [1.807, 2.05) is 30.3 Å². The highest BCUT2D eigenvalue weighted by atomic mass is 79.9. The van der Waals surface area contributed by atoms with Crippen LogP contribution < -0.4 is 0 Å². The molecule has 0 heterocycles. The molecule has 2 atom stereocenters. The highest BCUT2D eigenvalue weighted by Gasteiger charge is 2.54. The van der Waals surface area contributed by atoms with Gasteiger partial charge in [0.1, 0.15) is 6.29 Å². The van der Waals surface area contributed by atoms with Gasteiger partial charge in [-0.1, -0.05) is 46.3 Å². The standard InChI is InChI=1S/C14H13BrO3/c1-18-13(17)7-11(10-5-3-2-4-6-10)12-8-14(12,15)9-16/h2-7,9,12H,8H2,1H3/b11-7-/t12-,14-/m0/s1. The largest absolute Gasteiger partial charge is 0.466 e. The molecule has 94 valence electrons. The van der Waals surface area contributed by atoms with Crippen LogP contribution in [0.2, 0.25) is 0 Å². The van der Waals surface area contributed by atoms with Gasteiger partial charge in [-0.3, -0.25) is 0 Å². The molecule has 1 aromatic carbocycles. The lowest BCUT2D eigenvalue weighted by atomic mass is 10.00. The van der Waals surface area contributed by atoms with Gasteiger partial charge in [0.05, 0.1) is 11.4 Å². The van der Waals surface area contributed by atoms with Crippen LogP contribution in [0.1, 0.15) is 12.0 Å². The molecule has 0 amide bonds. The minimum atomic E-state index is -0.525. The second-order valence-electron chi connectivity index (χ2n) is 4.29. The van der Waals surface area contributed by atoms with Gasteiger partial charge in [-0.15, -0.1) is 0 Å². The van der Waals surface area contributed by atoms with E-state index in [-0.39, 0.29) is 5.92 Å². The molecule has 0 bridgehead atoms. The summed E-state index contributed by atoms with van der Waals surface area (Å²) in [5.41, 5.74) is 1.78. The van der Waals surface area contributed by atoms with Crippen molar-refractivity contribution in [3.63, 3.8) is 0 Å². The number of rotatable bonds is 4. The van der Waals surface area contributed by atoms with E-state index in [4.69, 9.17) is 0 Å². The quantitative estimate of drug-likeness (QED) is 0.372. The third-order valence-corrected chi connectivity index (χ3v) is 4.15. The van der Waals surface area contributed by atoms with E-state index in [1.165, 1.54) is 13.2 Å². The first-order valence-corrected chi connectivity index (χ1v) is 6.40. The minimum Gasteiger partial charge on any atom is -0.466 e. The molecular weight excluding hydrogens is 296 g/mol. The highest BCUT2D eigenvalue weighted by molar-refractivity contribution is 9.10. The molecule has 1 saturated carbocycles. The van der Waals surface area contributed by atoms with E-state index in [0.29, 0.717) is 6.42 Å². The van der Waals surface area contributed by atoms with Gasteiger partial charge < -0.3 is 9.53 Å². The predicted octanol–water partition coefficient (Wildman–Crippen LogP) is 2.60. The van der Waals surface area contributed by atoms with Gasteiger partial charge >= 0.3 is 5.97 Å². The maximum Gasteiger partial charge on any atom is 0.330 e. The number of carbonyl (C=O) groups is 2. The summed E-state index contributed by atoms with van der Waals surface area (Å²) in [5.74, 6) is -0.377. The van der Waals surface area contributed by atoms with E-state index in [9.17, 15) is 9.59 Å². The fourth-order valence-corrected chi connectivity index (χ4v) is 2.52. The normalized spacial score (nSPS) is 26.6. The van der Waals surface area contributed by atoms with Gasteiger partial charge in [0.25, 0.3) is 0 Å². The van der Waals surface area contributed by atoms with Crippen LogP contribution in [0, 0.1) is 5.92 Å². The Morgan fingerprint density at radius 3 is 2.61 bits per heavy atom. The number of ether oxygens (including phenoxy) is 1. The molecule has 0 N–H and O–H groups in total. The van der Waals surface area contributed by atoms with Crippen LogP contribution >= 0.6 is 15.9 Å². The first-order valence-electron chi connectivity index (χ1n) is 5.61. The van der Waals surface area contributed by atoms with Gasteiger partial charge in [-0.25, -0.2) is 4.79 Å². The summed E-state index contributed by atoms with van der Waals surface area (Å²) in [5, 5.41) is 0. The lowest BCUT2D eigenvalue weighted by Crippen LogP contribution is -2.06. The predicted molar refractivity (Wildman–Crippen MR) is 72.3 cm³/mol. The highest BCUT2D eigenvalue weighted by Crippen LogP contribution is 2.56. The number of benzene rings is 1. The van der Waals surface area contributed by atoms with E-state index >= 15 is 0 Å². The molecule has 1 fully saturated rings. The van der Waals surface area contributed by atoms with Gasteiger partial charge in [-0.2, -0.15) is 0 Å². The number of alkyl halides is 1. The van der Waals surface area contributed by atoms with Crippen molar-refractivity contribution in [1.29, 1.82) is 0 Å². The average molecular weight is 309 g/mol. The summed E-state index contributed by atoms with van der Waals surface area (Å²) in [7, 11) is 1.34. The van der Waals surface area contributed by atoms with Crippen molar-refractivity contribution in [3.8, 4) is 0 Å². The molecule has 3 nitrogen and oxygen atoms in total. The third-order valence-electron chi connectivity index (χ3n) is 3.09. The van der Waals surface area contributed by atoms with Crippen LogP contribution in [0.25, 0.3) is 5.57 Å². The first-order chi connectivity index (χ1) is 8.60. The zero-order valence-electron chi connectivity index (χ0n) is 9.93. The Hall–Kier alpha value is -1.42. The number of methoxy groups -OCH3 is 1. The Balaban J connectivity index is 2.35. The molecule has 1 aliphatic carbocycles. The Kier molecular flexibility index (Phi) is 3.66. The SMILES string of the molecule is COC(=O)/C=C(/c1ccccc1)[C@@H]1C[C@]1(Br)C=O. The molecule has 1 aliphatic rings. The van der Waals surface area contributed by atoms with Crippen LogP contribution in [-0.2, 0) is 14.3 Å². The summed E-state index contributed by atoms with van der Waals surface area (Å²) in [6.45, 7) is 0. The van der Waals surface area contributed by atoms with Gasteiger partial charge in [0.2, 0.25) is 0 Å². The number of hydrogen-bond donors (Lipinski definition) is 0. The smallest absolute Gasteiger partial charge is 0.330 e. The Morgan fingerprint density at radius 1 is 1.44 bits per heavy atom. The van der Waals surface area contributed by atoms with Crippen LogP contribution in [0.3, 0.4) is 0 Å². The molecule has 4 heteroatoms. The second-order valence-corrected chi connectivity index (χ2v) is 5.77. The summed E-state index contributed by atoms with van der Waals surface area (Å²) >= 11 is 3.40. The van der Waals surface area contributed by atoms with Crippen LogP contribution in [-0.4, -0.2) is 23.7 Å². The fourth-order valence-electron chi connectivity index (χ4n) is 1.95. The molecule has 0 radical (unpaired) electrons. The Morgan fingerprint density at radius 2 is 2.11 bits per heavy atom. The van der Waals surface area contributed by atoms with Crippen molar-refractivity contribution < 1.29 is 14.3 Å². The number of aldehydes is 1. The van der Waals surface area contributed by atoms with Gasteiger partial charge in [0, 0.05) is 12.0 Å². The van der Waals surface area contributed by atoms with E-state index in [0.717, 1.165) is 17.4 Å². The van der Waals surface area contributed by atoms with Crippen LogP contribution in [0.15, 0.2) is 36.4 Å². The number of hydrogen-bond acceptors (Lipinski definition) is 3. The number of esters is 1. The van der Waals surface area contributed by atoms with Crippen molar-refractivity contribution >= 4 is 33.8 Å². The van der Waals surface area contributed by atoms with E-state index < -0.39 is 10.3 Å². The van der Waals surface area contributed by atoms with Crippen molar-refractivity contribution in [2.45, 2.75) is 10.7 Å². The molecular formula is C14H13BrO3. The van der Waals surface area contributed by atoms with Crippen LogP contribution in [0.5, 0.6) is 0 Å². The minimum absolute atomic E-state index is 0.0245. The van der Waals surface area contributed by atoms with Crippen LogP contribution in [0.4, 0.5) is 0 Å². The number of allylic oxidation sites excluding steroid dienone is 1. The zero-order chi connectivity index (χ0) is 13.2. The van der Waals surface area contributed by atoms with Crippen molar-refractivity contribution in [3.05, 3.63) is 42.0 Å². The molecule has 0 saturated heterocycles. The lowest BCUT2D eigenvalue weighted by Gasteiger charge is -2.08. The number of halogens is 1. The third kappa shape index (κ3) is 2.53. The Labute approximate surface area is 114 Å². The van der Waals surface area contributed by atoms with E-state index in [2.05, 4.69) is 20.7 Å². The Bertz CT molecular complexity index is 495. The molecule has 1 aromatic rings. The maximum absolute atomic E-state index is 11.4. The molecule has 0 unspecified atom stereocenters. The van der Waals surface area contributed by atoms with Gasteiger partial charge in [0.15, 0.2) is 0 Å². The maximum atomic E-state index is 11.4. The van der Waals surface area contributed by atoms with E-state index in [1.54, 1.807) is 0 Å². The van der Waals surface area contributed by atoms with Crippen molar-refractivity contribution in [2.75, 3.05) is 7.11 Å². The second kappa shape index (κ2) is 5.06. The summed E-state index contributed by atoms with van der Waals surface area (Å²) in [6.07, 6.45) is 3.06. The molecule has 18 heavy (non-hydrogen) atoms. The summed E-state index contributed by atoms with van der Waals surface area (Å²) < 4.78 is 4.14. The number of carbonyl (C=O) groups excluding carboxylic acids is 2. The molecule has 2 rings (SSSR count). The monoisotopic (exact) mass is 308 g/mol. The van der Waals surface area contributed by atoms with Gasteiger partial charge in [-0.05, 0) is 17.6 Å². The molecule has 0 aromatic heterocycles. The van der Waals surface area contributed by atoms with Crippen molar-refractivity contribution in [1.82, 2.24) is 0 Å². The zero-order valence-corrected chi connectivity index (χ0v) is 11.5. The average Bonchev–Trinajstić information content (AvgIpc) is 3.09. The summed E-state index contributed by atoms with van der Waals surface area (Å²) in [6, 6.07) is 9.56. The molecule has 0 spiro atoms. The fraction of sp³-hybridized carbons (Fsp3) is 0.286. The summed E-state index contributed by atoms with van der Waals surface area (Å²) in [4.78, 5) is 22.4.